The van der Waals surface area contributed by atoms with Gasteiger partial charge in [0.2, 0.25) is 11.8 Å². The van der Waals surface area contributed by atoms with Gasteiger partial charge in [0.05, 0.1) is 32.2 Å². The third-order valence-corrected chi connectivity index (χ3v) is 3.50. The lowest BCUT2D eigenvalue weighted by Gasteiger charge is -2.18. The summed E-state index contributed by atoms with van der Waals surface area (Å²) in [4.78, 5) is 14.1. The predicted octanol–water partition coefficient (Wildman–Crippen LogP) is 2.45. The van der Waals surface area contributed by atoms with E-state index in [9.17, 15) is 4.79 Å². The van der Waals surface area contributed by atoms with Crippen molar-refractivity contribution in [2.24, 2.45) is 0 Å². The first kappa shape index (κ1) is 17.0. The molecule has 3 aromatic heterocycles. The van der Waals surface area contributed by atoms with Crippen LogP contribution in [0.2, 0.25) is 0 Å². The smallest absolute Gasteiger partial charge is 0.283 e. The molecule has 3 heterocycles. The van der Waals surface area contributed by atoms with Gasteiger partial charge in [-0.25, -0.2) is 0 Å². The number of nitrogens with one attached hydrogen (secondary N) is 1. The Kier molecular flexibility index (Phi) is 5.63. The molecule has 1 N–H and O–H groups in total. The monoisotopic (exact) mass is 344 g/mol. The number of amides is 1. The van der Waals surface area contributed by atoms with Gasteiger partial charge in [-0.15, -0.1) is 10.2 Å². The summed E-state index contributed by atoms with van der Waals surface area (Å²) in [6.07, 6.45) is 4.04. The highest BCUT2D eigenvalue weighted by Crippen LogP contribution is 2.18. The SMILES string of the molecule is CCCN(CC(=O)NCc1ccco1)Cc1nnc(-c2ccco2)o1. The summed E-state index contributed by atoms with van der Waals surface area (Å²) in [5.41, 5.74) is 0. The predicted molar refractivity (Wildman–Crippen MR) is 88.1 cm³/mol. The normalized spacial score (nSPS) is 11.1. The highest BCUT2D eigenvalue weighted by atomic mass is 16.4. The van der Waals surface area contributed by atoms with Gasteiger partial charge in [0.15, 0.2) is 5.76 Å². The number of nitrogens with zero attached hydrogens (tertiary/aromatic N) is 3. The van der Waals surface area contributed by atoms with Gasteiger partial charge in [-0.1, -0.05) is 6.92 Å². The van der Waals surface area contributed by atoms with Crippen LogP contribution in [0.1, 0.15) is 25.0 Å². The van der Waals surface area contributed by atoms with Crippen LogP contribution < -0.4 is 5.32 Å². The van der Waals surface area contributed by atoms with Crippen LogP contribution in [0.3, 0.4) is 0 Å². The fourth-order valence-electron chi connectivity index (χ4n) is 2.40. The zero-order valence-corrected chi connectivity index (χ0v) is 14.0. The molecule has 0 atom stereocenters. The van der Waals surface area contributed by atoms with Gasteiger partial charge in [0.25, 0.3) is 5.89 Å². The fourth-order valence-corrected chi connectivity index (χ4v) is 2.40. The van der Waals surface area contributed by atoms with Crippen molar-refractivity contribution < 1.29 is 18.0 Å². The van der Waals surface area contributed by atoms with Crippen LogP contribution >= 0.6 is 0 Å². The first-order valence-corrected chi connectivity index (χ1v) is 8.12. The molecule has 0 radical (unpaired) electrons. The zero-order valence-electron chi connectivity index (χ0n) is 14.0. The Labute approximate surface area is 144 Å². The van der Waals surface area contributed by atoms with E-state index in [0.29, 0.717) is 30.6 Å². The molecule has 0 saturated heterocycles. The van der Waals surface area contributed by atoms with E-state index in [-0.39, 0.29) is 12.5 Å². The second kappa shape index (κ2) is 8.29. The number of rotatable bonds is 9. The van der Waals surface area contributed by atoms with Gasteiger partial charge in [-0.05, 0) is 37.2 Å². The molecule has 3 aromatic rings. The summed E-state index contributed by atoms with van der Waals surface area (Å²) in [7, 11) is 0. The largest absolute Gasteiger partial charge is 0.467 e. The van der Waals surface area contributed by atoms with Crippen molar-refractivity contribution in [3.8, 4) is 11.7 Å². The van der Waals surface area contributed by atoms with Gasteiger partial charge in [0, 0.05) is 0 Å². The van der Waals surface area contributed by atoms with Gasteiger partial charge in [-0.3, -0.25) is 9.69 Å². The molecule has 0 spiro atoms. The number of carbonyl (C=O) groups is 1. The Balaban J connectivity index is 1.54. The van der Waals surface area contributed by atoms with E-state index in [1.54, 1.807) is 30.7 Å². The molecule has 0 aliphatic carbocycles. The molecule has 132 valence electrons. The molecular weight excluding hydrogens is 324 g/mol. The minimum absolute atomic E-state index is 0.0874. The lowest BCUT2D eigenvalue weighted by Crippen LogP contribution is -2.37. The molecule has 0 aliphatic rings. The quantitative estimate of drug-likeness (QED) is 0.636. The number of hydrogen-bond acceptors (Lipinski definition) is 7. The number of hydrogen-bond donors (Lipinski definition) is 1. The third-order valence-electron chi connectivity index (χ3n) is 3.50. The molecule has 3 rings (SSSR count). The molecular formula is C17H20N4O4. The van der Waals surface area contributed by atoms with Crippen LogP contribution in [0.5, 0.6) is 0 Å². The van der Waals surface area contributed by atoms with Crippen LogP contribution in [0.25, 0.3) is 11.7 Å². The van der Waals surface area contributed by atoms with Crippen molar-refractivity contribution in [3.05, 3.63) is 48.4 Å². The molecule has 0 saturated carbocycles. The first-order valence-electron chi connectivity index (χ1n) is 8.12. The van der Waals surface area contributed by atoms with Crippen molar-refractivity contribution in [1.82, 2.24) is 20.4 Å². The van der Waals surface area contributed by atoms with E-state index in [4.69, 9.17) is 13.3 Å². The minimum Gasteiger partial charge on any atom is -0.467 e. The van der Waals surface area contributed by atoms with Crippen molar-refractivity contribution in [2.75, 3.05) is 13.1 Å². The molecule has 25 heavy (non-hydrogen) atoms. The number of furan rings is 2. The van der Waals surface area contributed by atoms with Crippen molar-refractivity contribution in [3.63, 3.8) is 0 Å². The van der Waals surface area contributed by atoms with Gasteiger partial charge < -0.3 is 18.6 Å². The molecule has 8 nitrogen and oxygen atoms in total. The van der Waals surface area contributed by atoms with Crippen LogP contribution in [0, 0.1) is 0 Å². The van der Waals surface area contributed by atoms with E-state index < -0.39 is 0 Å². The van der Waals surface area contributed by atoms with Crippen molar-refractivity contribution in [1.29, 1.82) is 0 Å². The van der Waals surface area contributed by atoms with Gasteiger partial charge in [-0.2, -0.15) is 0 Å². The summed E-state index contributed by atoms with van der Waals surface area (Å²) in [5, 5.41) is 10.8. The topological polar surface area (TPSA) is 97.5 Å². The lowest BCUT2D eigenvalue weighted by atomic mass is 10.3. The fraction of sp³-hybridized carbons (Fsp3) is 0.353. The molecule has 0 aliphatic heterocycles. The van der Waals surface area contributed by atoms with E-state index >= 15 is 0 Å². The molecule has 0 unspecified atom stereocenters. The van der Waals surface area contributed by atoms with E-state index in [1.165, 1.54) is 0 Å². The maximum absolute atomic E-state index is 12.1. The average molecular weight is 344 g/mol. The van der Waals surface area contributed by atoms with E-state index in [1.807, 2.05) is 11.0 Å². The maximum Gasteiger partial charge on any atom is 0.283 e. The highest BCUT2D eigenvalue weighted by Gasteiger charge is 2.16. The Morgan fingerprint density at radius 1 is 1.20 bits per heavy atom. The number of aromatic nitrogens is 2. The maximum atomic E-state index is 12.1. The van der Waals surface area contributed by atoms with Crippen LogP contribution in [-0.2, 0) is 17.9 Å². The van der Waals surface area contributed by atoms with Gasteiger partial charge >= 0.3 is 0 Å². The zero-order chi connectivity index (χ0) is 17.5. The summed E-state index contributed by atoms with van der Waals surface area (Å²) in [6.45, 7) is 3.81. The van der Waals surface area contributed by atoms with Crippen molar-refractivity contribution >= 4 is 5.91 Å². The van der Waals surface area contributed by atoms with Crippen LogP contribution in [0.15, 0.2) is 50.0 Å². The first-order chi connectivity index (χ1) is 12.2. The summed E-state index contributed by atoms with van der Waals surface area (Å²) in [5.74, 6) is 1.93. The third kappa shape index (κ3) is 4.80. The Morgan fingerprint density at radius 2 is 2.04 bits per heavy atom. The molecule has 0 aromatic carbocycles. The van der Waals surface area contributed by atoms with Crippen LogP contribution in [-0.4, -0.2) is 34.1 Å². The van der Waals surface area contributed by atoms with Crippen LogP contribution in [0.4, 0.5) is 0 Å². The number of carbonyl (C=O) groups excluding carboxylic acids is 1. The minimum atomic E-state index is -0.0874. The van der Waals surface area contributed by atoms with Crippen molar-refractivity contribution in [2.45, 2.75) is 26.4 Å². The molecule has 1 amide bonds. The summed E-state index contributed by atoms with van der Waals surface area (Å²) >= 11 is 0. The Bertz CT molecular complexity index is 765. The molecule has 0 fully saturated rings. The molecule has 8 heteroatoms. The summed E-state index contributed by atoms with van der Waals surface area (Å²) < 4.78 is 16.0. The second-order valence-electron chi connectivity index (χ2n) is 5.55. The van der Waals surface area contributed by atoms with E-state index in [2.05, 4.69) is 22.4 Å². The lowest BCUT2D eigenvalue weighted by molar-refractivity contribution is -0.122. The second-order valence-corrected chi connectivity index (χ2v) is 5.55. The van der Waals surface area contributed by atoms with Gasteiger partial charge in [0.1, 0.15) is 5.76 Å². The Hall–Kier alpha value is -2.87. The highest BCUT2D eigenvalue weighted by molar-refractivity contribution is 5.77. The standard InChI is InChI=1S/C17H20N4O4/c1-2-7-21(11-15(22)18-10-13-5-3-8-23-13)12-16-19-20-17(25-16)14-6-4-9-24-14/h3-6,8-9H,2,7,10-12H2,1H3,(H,18,22). The van der Waals surface area contributed by atoms with E-state index in [0.717, 1.165) is 18.7 Å². The average Bonchev–Trinajstić information content (AvgIpc) is 3.34. The Morgan fingerprint density at radius 3 is 2.76 bits per heavy atom. The summed E-state index contributed by atoms with van der Waals surface area (Å²) in [6, 6.07) is 7.12. The molecule has 0 bridgehead atoms.